The monoisotopic (exact) mass is 664 g/mol. The van der Waals surface area contributed by atoms with Crippen molar-refractivity contribution in [1.82, 2.24) is 0 Å². The summed E-state index contributed by atoms with van der Waals surface area (Å²) in [6, 6.07) is 49.0. The van der Waals surface area contributed by atoms with E-state index in [-0.39, 0.29) is 5.78 Å². The number of hydrogen-bond donors (Lipinski definition) is 0. The molecule has 0 aliphatic heterocycles. The normalized spacial score (nSPS) is 9.97. The van der Waals surface area contributed by atoms with Gasteiger partial charge in [-0.1, -0.05) is 91.0 Å². The first-order chi connectivity index (χ1) is 17.8. The van der Waals surface area contributed by atoms with E-state index >= 15 is 0 Å². The first-order valence-corrected chi connectivity index (χ1v) is 13.9. The van der Waals surface area contributed by atoms with Crippen molar-refractivity contribution < 1.29 is 25.9 Å². The van der Waals surface area contributed by atoms with Crippen LogP contribution in [0.5, 0.6) is 0 Å². The average Bonchev–Trinajstić information content (AvgIpc) is 2.96. The van der Waals surface area contributed by atoms with Crippen LogP contribution in [0.1, 0.15) is 21.5 Å². The maximum atomic E-state index is 12.2. The predicted octanol–water partition coefficient (Wildman–Crippen LogP) is 6.22. The van der Waals surface area contributed by atoms with Crippen molar-refractivity contribution in [2.45, 2.75) is 0 Å². The molecule has 3 heteroatoms. The van der Waals surface area contributed by atoms with Crippen molar-refractivity contribution in [1.29, 1.82) is 0 Å². The molecule has 0 unspecified atom stereocenters. The molecule has 0 fully saturated rings. The standard InChI is InChI=1S/C18H15P.C15H9O.Au/c1-4-10-16(11-5-1)19(17-12-6-2-7-13-17)18-14-8-3-9-15-18;1-2-12-7-6-10-14(11-12)15(16)13-8-4-3-5-9-13;/h1-15H;3-11H;. The second-order valence-electron chi connectivity index (χ2n) is 7.82. The minimum absolute atomic E-state index is 0.0282. The van der Waals surface area contributed by atoms with Gasteiger partial charge >= 0.3 is 113 Å². The van der Waals surface area contributed by atoms with Crippen molar-refractivity contribution >= 4 is 29.6 Å². The number of benzene rings is 5. The van der Waals surface area contributed by atoms with Crippen molar-refractivity contribution in [3.8, 4) is 10.1 Å². The number of carbonyl (C=O) groups excluding carboxylic acids is 1. The Bertz CT molecular complexity index is 1350. The van der Waals surface area contributed by atoms with Crippen molar-refractivity contribution in [3.63, 3.8) is 0 Å². The zero-order valence-electron chi connectivity index (χ0n) is 19.5. The largest absolute Gasteiger partial charge is 0.0622 e. The van der Waals surface area contributed by atoms with Crippen LogP contribution in [-0.2, 0) is 21.1 Å². The third-order valence-corrected chi connectivity index (χ3v) is 8.10. The van der Waals surface area contributed by atoms with Gasteiger partial charge in [-0.3, -0.25) is 0 Å². The van der Waals surface area contributed by atoms with Gasteiger partial charge in [-0.15, -0.1) is 0 Å². The molecule has 1 nitrogen and oxygen atoms in total. The topological polar surface area (TPSA) is 17.1 Å². The van der Waals surface area contributed by atoms with E-state index < -0.39 is 7.92 Å². The van der Waals surface area contributed by atoms with Crippen LogP contribution in [0.4, 0.5) is 0 Å². The smallest absolute Gasteiger partial charge is 0.0134 e. The summed E-state index contributed by atoms with van der Waals surface area (Å²) < 4.78 is 2.77. The van der Waals surface area contributed by atoms with Gasteiger partial charge in [0.2, 0.25) is 0 Å². The molecule has 0 bridgehead atoms. The van der Waals surface area contributed by atoms with Gasteiger partial charge in [0.15, 0.2) is 0 Å². The van der Waals surface area contributed by atoms with E-state index in [0.717, 1.165) is 5.56 Å². The third-order valence-electron chi connectivity index (χ3n) is 5.39. The van der Waals surface area contributed by atoms with Crippen LogP contribution >= 0.6 is 7.92 Å². The Hall–Kier alpha value is -3.50. The zero-order chi connectivity index (χ0) is 25.0. The summed E-state index contributed by atoms with van der Waals surface area (Å²) in [5.74, 6) is 2.96. The Balaban J connectivity index is 0.000000170. The van der Waals surface area contributed by atoms with Gasteiger partial charge in [0, 0.05) is 0 Å². The molecule has 0 amide bonds. The summed E-state index contributed by atoms with van der Waals surface area (Å²) in [6.45, 7) is 0. The fraction of sp³-hybridized carbons (Fsp3) is 0. The van der Waals surface area contributed by atoms with E-state index in [1.54, 1.807) is 0 Å². The van der Waals surface area contributed by atoms with E-state index in [0.29, 0.717) is 11.1 Å². The van der Waals surface area contributed by atoms with Gasteiger partial charge in [-0.2, -0.15) is 0 Å². The van der Waals surface area contributed by atoms with E-state index in [9.17, 15) is 4.79 Å². The molecule has 0 spiro atoms. The maximum Gasteiger partial charge on any atom is -0.0134 e. The van der Waals surface area contributed by atoms with Gasteiger partial charge in [-0.25, -0.2) is 0 Å². The Kier molecular flexibility index (Phi) is 9.63. The molecule has 0 radical (unpaired) electrons. The quantitative estimate of drug-likeness (QED) is 0.0945. The molecular formula is C33H24AuOP. The molecule has 0 atom stereocenters. The van der Waals surface area contributed by atoms with Crippen LogP contribution in [0.2, 0.25) is 0 Å². The van der Waals surface area contributed by atoms with E-state index in [2.05, 4.69) is 122 Å². The first kappa shape index (κ1) is 25.6. The number of ketones is 1. The molecule has 0 saturated heterocycles. The molecule has 0 saturated carbocycles. The molecule has 36 heavy (non-hydrogen) atoms. The number of carbonyl (C=O) groups is 1. The second kappa shape index (κ2) is 13.6. The first-order valence-electron chi connectivity index (χ1n) is 11.5. The Morgan fingerprint density at radius 2 is 0.944 bits per heavy atom. The second-order valence-corrected chi connectivity index (χ2v) is 10.6. The minimum atomic E-state index is -0.446. The van der Waals surface area contributed by atoms with E-state index in [1.807, 2.05) is 54.6 Å². The molecule has 0 heterocycles. The minimum Gasteiger partial charge on any atom is -0.0622 e. The van der Waals surface area contributed by atoms with E-state index in [4.69, 9.17) is 0 Å². The fourth-order valence-corrected chi connectivity index (χ4v) is 6.33. The summed E-state index contributed by atoms with van der Waals surface area (Å²) in [6.07, 6.45) is 0. The zero-order valence-corrected chi connectivity index (χ0v) is 22.6. The van der Waals surface area contributed by atoms with Gasteiger partial charge in [-0.05, 0) is 23.8 Å². The van der Waals surface area contributed by atoms with Crippen LogP contribution in [-0.4, -0.2) is 5.78 Å². The summed E-state index contributed by atoms with van der Waals surface area (Å²) in [5.41, 5.74) is 2.23. The van der Waals surface area contributed by atoms with Gasteiger partial charge < -0.3 is 0 Å². The third kappa shape index (κ3) is 7.02. The molecule has 0 aliphatic carbocycles. The summed E-state index contributed by atoms with van der Waals surface area (Å²) in [5, 5.41) is 4.19. The predicted molar refractivity (Wildman–Crippen MR) is 148 cm³/mol. The molecule has 5 rings (SSSR count). The van der Waals surface area contributed by atoms with Gasteiger partial charge in [0.25, 0.3) is 0 Å². The van der Waals surface area contributed by atoms with Crippen molar-refractivity contribution in [2.24, 2.45) is 0 Å². The molecule has 0 aliphatic rings. The van der Waals surface area contributed by atoms with Crippen LogP contribution in [0.25, 0.3) is 0 Å². The summed E-state index contributed by atoms with van der Waals surface area (Å²) in [7, 11) is -0.446. The molecular weight excluding hydrogens is 640 g/mol. The van der Waals surface area contributed by atoms with Gasteiger partial charge in [0.05, 0.1) is 0 Å². The van der Waals surface area contributed by atoms with Crippen LogP contribution in [0.3, 0.4) is 0 Å². The molecule has 5 aromatic carbocycles. The molecule has 0 N–H and O–H groups in total. The number of hydrogen-bond acceptors (Lipinski definition) is 1. The SMILES string of the molecule is O=C(c1ccccc1)c1cccc(C#[C][Au])c1.c1ccc(P(c2ccccc2)c2ccccc2)cc1. The van der Waals surface area contributed by atoms with Gasteiger partial charge in [0.1, 0.15) is 0 Å². The van der Waals surface area contributed by atoms with Crippen molar-refractivity contribution in [2.75, 3.05) is 0 Å². The van der Waals surface area contributed by atoms with Crippen molar-refractivity contribution in [3.05, 3.63) is 162 Å². The molecule has 178 valence electrons. The summed E-state index contributed by atoms with van der Waals surface area (Å²) >= 11 is 2.16. The Morgan fingerprint density at radius 1 is 0.528 bits per heavy atom. The van der Waals surface area contributed by atoms with Crippen LogP contribution in [0.15, 0.2) is 146 Å². The number of rotatable bonds is 5. The van der Waals surface area contributed by atoms with Crippen LogP contribution in [0, 0.1) is 10.1 Å². The average molecular weight is 664 g/mol. The van der Waals surface area contributed by atoms with E-state index in [1.165, 1.54) is 15.9 Å². The summed E-state index contributed by atoms with van der Waals surface area (Å²) in [4.78, 5) is 12.2. The Labute approximate surface area is 226 Å². The maximum absolute atomic E-state index is 12.2. The Morgan fingerprint density at radius 3 is 1.39 bits per heavy atom. The molecule has 5 aromatic rings. The fourth-order valence-electron chi connectivity index (χ4n) is 3.72. The van der Waals surface area contributed by atoms with Crippen LogP contribution < -0.4 is 15.9 Å². The molecule has 0 aromatic heterocycles.